The van der Waals surface area contributed by atoms with E-state index in [0.29, 0.717) is 11.7 Å². The molecule has 0 unspecified atom stereocenters. The molecule has 0 saturated heterocycles. The van der Waals surface area contributed by atoms with Crippen molar-refractivity contribution in [2.45, 2.75) is 70.4 Å². The Hall–Kier alpha value is -2.37. The summed E-state index contributed by atoms with van der Waals surface area (Å²) in [5.74, 6) is 1.85. The SMILES string of the molecule is CC(C)(C)OC(=O)N[C@@H]1CCc2cc(-c3noc(C4CCC4)n3)ccc21. The van der Waals surface area contributed by atoms with E-state index in [-0.39, 0.29) is 12.1 Å². The van der Waals surface area contributed by atoms with Gasteiger partial charge in [0, 0.05) is 11.5 Å². The van der Waals surface area contributed by atoms with Crippen LogP contribution in [0.3, 0.4) is 0 Å². The molecule has 2 aromatic rings. The number of hydrogen-bond donors (Lipinski definition) is 1. The average molecular weight is 355 g/mol. The first-order chi connectivity index (χ1) is 12.4. The summed E-state index contributed by atoms with van der Waals surface area (Å²) in [5, 5.41) is 7.12. The molecule has 6 nitrogen and oxygen atoms in total. The summed E-state index contributed by atoms with van der Waals surface area (Å²) in [6.45, 7) is 5.60. The topological polar surface area (TPSA) is 77.2 Å². The quantitative estimate of drug-likeness (QED) is 0.876. The molecule has 1 aromatic carbocycles. The molecule has 1 N–H and O–H groups in total. The van der Waals surface area contributed by atoms with Crippen LogP contribution in [0.2, 0.25) is 0 Å². The standard InChI is InChI=1S/C20H25N3O3/c1-20(2,3)25-19(24)21-16-10-8-13-11-14(7-9-15(13)16)17-22-18(26-23-17)12-5-4-6-12/h7,9,11-12,16H,4-6,8,10H2,1-3H3,(H,21,24)/t16-/m1/s1. The molecule has 1 saturated carbocycles. The first-order valence-corrected chi connectivity index (χ1v) is 9.35. The second kappa shape index (κ2) is 6.41. The Balaban J connectivity index is 1.48. The van der Waals surface area contributed by atoms with E-state index in [2.05, 4.69) is 27.6 Å². The van der Waals surface area contributed by atoms with Crippen LogP contribution in [0.5, 0.6) is 0 Å². The number of carbonyl (C=O) groups is 1. The van der Waals surface area contributed by atoms with Crippen LogP contribution in [0.1, 0.15) is 75.4 Å². The number of nitrogens with one attached hydrogen (secondary N) is 1. The number of alkyl carbamates (subject to hydrolysis) is 1. The van der Waals surface area contributed by atoms with Crippen molar-refractivity contribution >= 4 is 6.09 Å². The van der Waals surface area contributed by atoms with Gasteiger partial charge in [-0.15, -0.1) is 0 Å². The highest BCUT2D eigenvalue weighted by atomic mass is 16.6. The van der Waals surface area contributed by atoms with Crippen LogP contribution in [0.15, 0.2) is 22.7 Å². The molecule has 2 aliphatic rings. The van der Waals surface area contributed by atoms with Crippen LogP contribution >= 0.6 is 0 Å². The van der Waals surface area contributed by atoms with Gasteiger partial charge in [0.1, 0.15) is 5.60 Å². The van der Waals surface area contributed by atoms with E-state index in [1.807, 2.05) is 26.8 Å². The maximum Gasteiger partial charge on any atom is 0.408 e. The monoisotopic (exact) mass is 355 g/mol. The predicted octanol–water partition coefficient (Wildman–Crippen LogP) is 4.52. The molecule has 1 atom stereocenters. The summed E-state index contributed by atoms with van der Waals surface area (Å²) in [5.41, 5.74) is 2.84. The number of nitrogens with zero attached hydrogens (tertiary/aromatic N) is 2. The third-order valence-corrected chi connectivity index (χ3v) is 5.07. The summed E-state index contributed by atoms with van der Waals surface area (Å²) in [7, 11) is 0. The molecule has 26 heavy (non-hydrogen) atoms. The van der Waals surface area contributed by atoms with Gasteiger partial charge in [0.25, 0.3) is 0 Å². The van der Waals surface area contributed by atoms with Crippen molar-refractivity contribution in [3.63, 3.8) is 0 Å². The van der Waals surface area contributed by atoms with Crippen molar-refractivity contribution in [1.82, 2.24) is 15.5 Å². The van der Waals surface area contributed by atoms with Crippen LogP contribution in [-0.2, 0) is 11.2 Å². The Morgan fingerprint density at radius 2 is 2.08 bits per heavy atom. The minimum Gasteiger partial charge on any atom is -0.444 e. The molecular weight excluding hydrogens is 330 g/mol. The van der Waals surface area contributed by atoms with Gasteiger partial charge in [-0.25, -0.2) is 4.79 Å². The number of aryl methyl sites for hydroxylation is 1. The summed E-state index contributed by atoms with van der Waals surface area (Å²) in [6.07, 6.45) is 4.94. The van der Waals surface area contributed by atoms with E-state index in [1.54, 1.807) is 0 Å². The number of benzene rings is 1. The molecular formula is C20H25N3O3. The van der Waals surface area contributed by atoms with Gasteiger partial charge < -0.3 is 14.6 Å². The van der Waals surface area contributed by atoms with E-state index in [0.717, 1.165) is 42.7 Å². The van der Waals surface area contributed by atoms with Crippen LogP contribution in [0, 0.1) is 0 Å². The number of amides is 1. The maximum absolute atomic E-state index is 12.0. The Kier molecular flexibility index (Phi) is 4.21. The summed E-state index contributed by atoms with van der Waals surface area (Å²) >= 11 is 0. The van der Waals surface area contributed by atoms with Crippen molar-refractivity contribution in [1.29, 1.82) is 0 Å². The van der Waals surface area contributed by atoms with Gasteiger partial charge in [-0.05, 0) is 63.6 Å². The molecule has 2 aliphatic carbocycles. The van der Waals surface area contributed by atoms with Crippen molar-refractivity contribution < 1.29 is 14.1 Å². The smallest absolute Gasteiger partial charge is 0.408 e. The Labute approximate surface area is 153 Å². The number of ether oxygens (including phenoxy) is 1. The first-order valence-electron chi connectivity index (χ1n) is 9.35. The van der Waals surface area contributed by atoms with Gasteiger partial charge in [-0.2, -0.15) is 4.98 Å². The molecule has 4 rings (SSSR count). The van der Waals surface area contributed by atoms with Crippen molar-refractivity contribution in [2.75, 3.05) is 0 Å². The number of fused-ring (bicyclic) bond motifs is 1. The molecule has 0 radical (unpaired) electrons. The second-order valence-electron chi connectivity index (χ2n) is 8.24. The lowest BCUT2D eigenvalue weighted by molar-refractivity contribution is 0.0503. The Morgan fingerprint density at radius 3 is 2.77 bits per heavy atom. The van der Waals surface area contributed by atoms with Crippen molar-refractivity contribution in [2.24, 2.45) is 0 Å². The van der Waals surface area contributed by atoms with E-state index in [1.165, 1.54) is 12.0 Å². The molecule has 1 heterocycles. The predicted molar refractivity (Wildman–Crippen MR) is 96.8 cm³/mol. The van der Waals surface area contributed by atoms with Gasteiger partial charge >= 0.3 is 6.09 Å². The van der Waals surface area contributed by atoms with Crippen LogP contribution < -0.4 is 5.32 Å². The Bertz CT molecular complexity index is 818. The highest BCUT2D eigenvalue weighted by Gasteiger charge is 2.28. The summed E-state index contributed by atoms with van der Waals surface area (Å²) in [6, 6.07) is 6.16. The summed E-state index contributed by atoms with van der Waals surface area (Å²) in [4.78, 5) is 16.6. The van der Waals surface area contributed by atoms with E-state index in [9.17, 15) is 4.79 Å². The highest BCUT2D eigenvalue weighted by Crippen LogP contribution is 2.37. The van der Waals surface area contributed by atoms with E-state index in [4.69, 9.17) is 9.26 Å². The van der Waals surface area contributed by atoms with Crippen LogP contribution in [0.4, 0.5) is 4.79 Å². The third kappa shape index (κ3) is 3.45. The van der Waals surface area contributed by atoms with Gasteiger partial charge in [0.15, 0.2) is 0 Å². The maximum atomic E-state index is 12.0. The molecule has 1 aromatic heterocycles. The molecule has 0 spiro atoms. The average Bonchev–Trinajstić information content (AvgIpc) is 3.11. The van der Waals surface area contributed by atoms with Crippen molar-refractivity contribution in [3.8, 4) is 11.4 Å². The zero-order valence-corrected chi connectivity index (χ0v) is 15.5. The lowest BCUT2D eigenvalue weighted by Gasteiger charge is -2.22. The number of aromatic nitrogens is 2. The van der Waals surface area contributed by atoms with Crippen molar-refractivity contribution in [3.05, 3.63) is 35.2 Å². The van der Waals surface area contributed by atoms with Crippen LogP contribution in [0.25, 0.3) is 11.4 Å². The lowest BCUT2D eigenvalue weighted by atomic mass is 9.85. The fraction of sp³-hybridized carbons (Fsp3) is 0.550. The zero-order valence-electron chi connectivity index (χ0n) is 15.5. The first kappa shape index (κ1) is 17.1. The molecule has 1 fully saturated rings. The Morgan fingerprint density at radius 1 is 1.27 bits per heavy atom. The normalized spacial score (nSPS) is 19.7. The molecule has 1 amide bonds. The molecule has 138 valence electrons. The van der Waals surface area contributed by atoms with E-state index >= 15 is 0 Å². The minimum absolute atomic E-state index is 0.00953. The zero-order chi connectivity index (χ0) is 18.3. The number of hydrogen-bond acceptors (Lipinski definition) is 5. The molecule has 0 aliphatic heterocycles. The fourth-order valence-corrected chi connectivity index (χ4v) is 3.53. The van der Waals surface area contributed by atoms with Gasteiger partial charge in [0.2, 0.25) is 11.7 Å². The van der Waals surface area contributed by atoms with Crippen LogP contribution in [-0.4, -0.2) is 21.8 Å². The van der Waals surface area contributed by atoms with Gasteiger partial charge in [-0.1, -0.05) is 23.7 Å². The van der Waals surface area contributed by atoms with Gasteiger partial charge in [-0.3, -0.25) is 0 Å². The number of carbonyl (C=O) groups excluding carboxylic acids is 1. The summed E-state index contributed by atoms with van der Waals surface area (Å²) < 4.78 is 10.8. The number of rotatable bonds is 3. The largest absolute Gasteiger partial charge is 0.444 e. The van der Waals surface area contributed by atoms with Gasteiger partial charge in [0.05, 0.1) is 6.04 Å². The second-order valence-corrected chi connectivity index (χ2v) is 8.24. The lowest BCUT2D eigenvalue weighted by Crippen LogP contribution is -2.34. The minimum atomic E-state index is -0.494. The molecule has 6 heteroatoms. The third-order valence-electron chi connectivity index (χ3n) is 5.07. The molecule has 0 bridgehead atoms. The highest BCUT2D eigenvalue weighted by molar-refractivity contribution is 5.69. The fourth-order valence-electron chi connectivity index (χ4n) is 3.53. The van der Waals surface area contributed by atoms with E-state index < -0.39 is 5.60 Å².